The summed E-state index contributed by atoms with van der Waals surface area (Å²) >= 11 is 0. The van der Waals surface area contributed by atoms with E-state index in [4.69, 9.17) is 28.7 Å². The summed E-state index contributed by atoms with van der Waals surface area (Å²) in [5.74, 6) is -9.78. The van der Waals surface area contributed by atoms with Gasteiger partial charge in [-0.15, -0.1) is 0 Å². The summed E-state index contributed by atoms with van der Waals surface area (Å²) in [4.78, 5) is 139. The molecule has 2 aliphatic rings. The molecule has 25 nitrogen and oxygen atoms in total. The third kappa shape index (κ3) is 18.1. The normalized spacial score (nSPS) is 24.4. The van der Waals surface area contributed by atoms with E-state index in [-0.39, 0.29) is 56.2 Å². The van der Waals surface area contributed by atoms with Crippen LogP contribution in [0.2, 0.25) is 0 Å². The van der Waals surface area contributed by atoms with Crippen LogP contribution >= 0.6 is 21.6 Å². The first-order chi connectivity index (χ1) is 32.1. The number of nitrogens with two attached hydrogens (primary N) is 5. The van der Waals surface area contributed by atoms with Crippen LogP contribution in [-0.2, 0) is 54.4 Å². The number of hydrogen-bond donors (Lipinski definition) is 13. The lowest BCUT2D eigenvalue weighted by Crippen LogP contribution is -2.61. The summed E-state index contributed by atoms with van der Waals surface area (Å²) < 4.78 is 0. The summed E-state index contributed by atoms with van der Waals surface area (Å²) in [6.07, 6.45) is -1.77. The quantitative estimate of drug-likeness (QED) is 0.0318. The Balaban J connectivity index is 2.04. The number of aliphatic hydroxyl groups is 1. The Labute approximate surface area is 400 Å². The number of rotatable bonds is 16. The first-order valence-corrected chi connectivity index (χ1v) is 24.3. The molecule has 0 saturated carbocycles. The Bertz CT molecular complexity index is 2010. The Morgan fingerprint density at radius 2 is 1.43 bits per heavy atom. The Kier molecular flexibility index (Phi) is 22.8. The molecular weight excluding hydrogens is 929 g/mol. The van der Waals surface area contributed by atoms with E-state index < -0.39 is 132 Å². The van der Waals surface area contributed by atoms with Crippen molar-refractivity contribution in [3.8, 4) is 0 Å². The van der Waals surface area contributed by atoms with Gasteiger partial charge in [0.2, 0.25) is 59.1 Å². The number of nitrogens with one attached hydrogen (secondary N) is 7. The molecule has 9 atom stereocenters. The highest BCUT2D eigenvalue weighted by Gasteiger charge is 2.41. The van der Waals surface area contributed by atoms with Crippen molar-refractivity contribution in [2.75, 3.05) is 31.1 Å². The molecule has 3 rings (SSSR count). The third-order valence-corrected chi connectivity index (χ3v) is 13.1. The Hall–Kier alpha value is -6.19. The summed E-state index contributed by atoms with van der Waals surface area (Å²) in [6, 6.07) is -2.27. The minimum Gasteiger partial charge on any atom is -0.391 e. The van der Waals surface area contributed by atoms with Gasteiger partial charge in [0.05, 0.1) is 25.1 Å². The molecule has 0 spiro atoms. The van der Waals surface area contributed by atoms with Crippen LogP contribution in [0.25, 0.3) is 0 Å². The molecule has 27 heteroatoms. The van der Waals surface area contributed by atoms with Crippen molar-refractivity contribution in [1.82, 2.24) is 42.1 Å². The predicted octanol–water partition coefficient (Wildman–Crippen LogP) is -5.58. The Morgan fingerprint density at radius 1 is 0.809 bits per heavy atom. The monoisotopic (exact) mass is 992 g/mol. The zero-order valence-electron chi connectivity index (χ0n) is 38.1. The van der Waals surface area contributed by atoms with Gasteiger partial charge in [-0.1, -0.05) is 65.8 Å². The van der Waals surface area contributed by atoms with E-state index >= 15 is 0 Å². The van der Waals surface area contributed by atoms with Crippen molar-refractivity contribution in [2.24, 2.45) is 39.6 Å². The van der Waals surface area contributed by atoms with Gasteiger partial charge in [0.1, 0.15) is 42.3 Å². The summed E-state index contributed by atoms with van der Waals surface area (Å²) in [5.41, 5.74) is 28.6. The van der Waals surface area contributed by atoms with Crippen LogP contribution in [0.1, 0.15) is 58.4 Å². The van der Waals surface area contributed by atoms with Gasteiger partial charge in [-0.05, 0) is 44.1 Å². The second-order valence-electron chi connectivity index (χ2n) is 16.6. The number of primary amides is 2. The van der Waals surface area contributed by atoms with Crippen molar-refractivity contribution >= 4 is 86.6 Å². The molecule has 68 heavy (non-hydrogen) atoms. The molecule has 18 N–H and O–H groups in total. The highest BCUT2D eigenvalue weighted by Crippen LogP contribution is 2.26. The molecule has 0 radical (unpaired) electrons. The standard InChI is InChI=1S/C41H64N14O11S2/c1-20(2)31-39(65)49-24(11-7-13-47-41(45)46)34(60)51-26(16-29(43)57)35(61)52-27(19-68-67-18-23(42)33(59)50-25(36(62)53-31)15-22-9-5-4-6-10-22)40(66)55-14-8-12-28(55)37(63)54-32(21(3)56)38(64)48-17-30(44)58/h4-6,9-10,20-21,23-28,31-32,56H,7-8,11-19,42H2,1-3H3,(H2,43,57)(H2,44,58)(H,48,64)(H,49,65)(H,50,59)(H,51,60)(H,52,61)(H,53,62)(H,54,63)(H4,45,46,47)/t21-,23+,24+,25+,26+,27+,28+,31+,32-/m1/s1. The van der Waals surface area contributed by atoms with Gasteiger partial charge in [0, 0.05) is 31.0 Å². The maximum atomic E-state index is 14.4. The molecule has 0 bridgehead atoms. The highest BCUT2D eigenvalue weighted by atomic mass is 33.1. The van der Waals surface area contributed by atoms with Crippen LogP contribution in [0, 0.1) is 5.92 Å². The number of hydrogen-bond acceptors (Lipinski definition) is 15. The molecule has 0 unspecified atom stereocenters. The van der Waals surface area contributed by atoms with E-state index in [1.807, 2.05) is 0 Å². The average Bonchev–Trinajstić information content (AvgIpc) is 3.77. The number of carbonyl (C=O) groups is 10. The van der Waals surface area contributed by atoms with E-state index in [9.17, 15) is 53.1 Å². The minimum absolute atomic E-state index is 0.0111. The average molecular weight is 993 g/mol. The number of likely N-dealkylation sites (tertiary alicyclic amines) is 1. The largest absolute Gasteiger partial charge is 0.391 e. The van der Waals surface area contributed by atoms with Crippen molar-refractivity contribution in [3.63, 3.8) is 0 Å². The van der Waals surface area contributed by atoms with Crippen LogP contribution in [0.5, 0.6) is 0 Å². The van der Waals surface area contributed by atoms with Gasteiger partial charge in [-0.2, -0.15) is 0 Å². The molecular formula is C41H64N14O11S2. The van der Waals surface area contributed by atoms with Crippen LogP contribution in [0.3, 0.4) is 0 Å². The number of amides is 10. The number of carbonyl (C=O) groups excluding carboxylic acids is 10. The first kappa shape index (κ1) is 56.1. The maximum absolute atomic E-state index is 14.4. The molecule has 1 aromatic rings. The second-order valence-corrected chi connectivity index (χ2v) is 19.1. The van der Waals surface area contributed by atoms with Gasteiger partial charge < -0.3 is 75.9 Å². The summed E-state index contributed by atoms with van der Waals surface area (Å²) in [6.45, 7) is 3.98. The SMILES string of the molecule is CC(C)[C@@H]1NC(=O)[C@H](Cc2ccccc2)NC(=O)[C@@H](N)CSSC[C@@H](C(=O)N2CCC[C@H]2C(=O)N[C@@H](C(=O)NCC(N)=O)[C@@H](C)O)NC(=O)[C@H](CC(N)=O)NC(=O)[C@H](CCCN=C(N)N)NC1=O. The molecule has 2 heterocycles. The molecule has 1 aromatic carbocycles. The number of benzene rings is 1. The van der Waals surface area contributed by atoms with Crippen LogP contribution < -0.4 is 65.9 Å². The zero-order valence-corrected chi connectivity index (χ0v) is 39.7. The van der Waals surface area contributed by atoms with E-state index in [0.29, 0.717) is 12.0 Å². The molecule has 10 amide bonds. The number of aliphatic imine (C=N–C) groups is 1. The fourth-order valence-electron chi connectivity index (χ4n) is 7.05. The highest BCUT2D eigenvalue weighted by molar-refractivity contribution is 8.76. The van der Waals surface area contributed by atoms with Gasteiger partial charge in [0.25, 0.3) is 0 Å². The predicted molar refractivity (Wildman–Crippen MR) is 252 cm³/mol. The van der Waals surface area contributed by atoms with Gasteiger partial charge in [-0.25, -0.2) is 0 Å². The maximum Gasteiger partial charge on any atom is 0.246 e. The first-order valence-electron chi connectivity index (χ1n) is 21.8. The van der Waals surface area contributed by atoms with Crippen molar-refractivity contribution in [1.29, 1.82) is 0 Å². The fourth-order valence-corrected chi connectivity index (χ4v) is 9.32. The van der Waals surface area contributed by atoms with E-state index in [1.54, 1.807) is 44.2 Å². The number of nitrogens with zero attached hydrogens (tertiary/aromatic N) is 2. The topological polar surface area (TPSA) is 421 Å². The lowest BCUT2D eigenvalue weighted by molar-refractivity contribution is -0.142. The van der Waals surface area contributed by atoms with Crippen LogP contribution in [0.15, 0.2) is 35.3 Å². The van der Waals surface area contributed by atoms with Crippen LogP contribution in [0.4, 0.5) is 0 Å². The minimum atomic E-state index is -1.71. The zero-order chi connectivity index (χ0) is 50.7. The van der Waals surface area contributed by atoms with Gasteiger partial charge >= 0.3 is 0 Å². The molecule has 2 saturated heterocycles. The van der Waals surface area contributed by atoms with E-state index in [0.717, 1.165) is 26.5 Å². The summed E-state index contributed by atoms with van der Waals surface area (Å²) in [7, 11) is 2.06. The lowest BCUT2D eigenvalue weighted by Gasteiger charge is -2.31. The molecule has 376 valence electrons. The molecule has 2 fully saturated rings. The number of aliphatic hydroxyl groups excluding tert-OH is 1. The molecule has 0 aromatic heterocycles. The Morgan fingerprint density at radius 3 is 2.04 bits per heavy atom. The lowest BCUT2D eigenvalue weighted by atomic mass is 10.00. The van der Waals surface area contributed by atoms with Crippen LogP contribution in [-0.4, -0.2) is 161 Å². The number of guanidine groups is 1. The van der Waals surface area contributed by atoms with Gasteiger partial charge in [-0.3, -0.25) is 52.9 Å². The second kappa shape index (κ2) is 27.6. The van der Waals surface area contributed by atoms with Crippen molar-refractivity contribution in [3.05, 3.63) is 35.9 Å². The van der Waals surface area contributed by atoms with E-state index in [2.05, 4.69) is 42.2 Å². The van der Waals surface area contributed by atoms with Gasteiger partial charge in [0.15, 0.2) is 5.96 Å². The molecule has 2 aliphatic heterocycles. The summed E-state index contributed by atoms with van der Waals surface area (Å²) in [5, 5.41) is 28.0. The fraction of sp³-hybridized carbons (Fsp3) is 0.585. The van der Waals surface area contributed by atoms with Crippen molar-refractivity contribution in [2.45, 2.75) is 114 Å². The molecule has 0 aliphatic carbocycles. The van der Waals surface area contributed by atoms with E-state index in [1.165, 1.54) is 6.92 Å². The third-order valence-electron chi connectivity index (χ3n) is 10.6. The smallest absolute Gasteiger partial charge is 0.246 e. The van der Waals surface area contributed by atoms with Crippen molar-refractivity contribution < 1.29 is 53.1 Å².